The minimum absolute atomic E-state index is 0.118. The predicted molar refractivity (Wildman–Crippen MR) is 100 cm³/mol. The Hall–Kier alpha value is -3.87. The number of benzene rings is 2. The summed E-state index contributed by atoms with van der Waals surface area (Å²) >= 11 is 0. The van der Waals surface area contributed by atoms with Crippen LogP contribution in [-0.4, -0.2) is 24.0 Å². The number of anilines is 1. The van der Waals surface area contributed by atoms with Gasteiger partial charge in [-0.3, -0.25) is 9.59 Å². The van der Waals surface area contributed by atoms with Crippen molar-refractivity contribution in [1.82, 2.24) is 4.98 Å². The zero-order valence-corrected chi connectivity index (χ0v) is 14.2. The second-order valence-corrected chi connectivity index (χ2v) is 5.89. The molecule has 0 spiro atoms. The number of hydrogen-bond acceptors (Lipinski definition) is 5. The van der Waals surface area contributed by atoms with Gasteiger partial charge in [0.15, 0.2) is 5.76 Å². The molecule has 0 unspecified atom stereocenters. The lowest BCUT2D eigenvalue weighted by atomic mass is 10.1. The van der Waals surface area contributed by atoms with Gasteiger partial charge in [-0.05, 0) is 29.0 Å². The topological polar surface area (TPSA) is 101 Å². The summed E-state index contributed by atoms with van der Waals surface area (Å²) < 4.78 is 10.2. The molecule has 2 aromatic heterocycles. The third kappa shape index (κ3) is 2.95. The van der Waals surface area contributed by atoms with Gasteiger partial charge in [0.05, 0.1) is 12.8 Å². The molecule has 7 nitrogen and oxygen atoms in total. The average Bonchev–Trinajstić information content (AvgIpc) is 3.14. The van der Waals surface area contributed by atoms with Crippen molar-refractivity contribution in [2.24, 2.45) is 0 Å². The van der Waals surface area contributed by atoms with Crippen LogP contribution in [0.2, 0.25) is 0 Å². The molecule has 1 amide bonds. The number of ether oxygens (including phenoxy) is 1. The lowest BCUT2D eigenvalue weighted by Crippen LogP contribution is -2.20. The Kier molecular flexibility index (Phi) is 3.97. The zero-order chi connectivity index (χ0) is 19.0. The van der Waals surface area contributed by atoms with E-state index >= 15 is 0 Å². The Morgan fingerprint density at radius 1 is 1.07 bits per heavy atom. The van der Waals surface area contributed by atoms with E-state index in [0.717, 1.165) is 16.2 Å². The molecule has 4 rings (SSSR count). The second-order valence-electron chi connectivity index (χ2n) is 5.89. The van der Waals surface area contributed by atoms with Crippen LogP contribution < -0.4 is 10.9 Å². The van der Waals surface area contributed by atoms with E-state index in [4.69, 9.17) is 4.42 Å². The molecule has 0 aliphatic heterocycles. The van der Waals surface area contributed by atoms with E-state index in [1.165, 1.54) is 19.4 Å². The van der Waals surface area contributed by atoms with Gasteiger partial charge >= 0.3 is 5.97 Å². The molecule has 0 aliphatic rings. The molecule has 4 aromatic rings. The molecule has 27 heavy (non-hydrogen) atoms. The molecule has 0 radical (unpaired) electrons. The van der Waals surface area contributed by atoms with E-state index in [9.17, 15) is 14.4 Å². The van der Waals surface area contributed by atoms with Crippen molar-refractivity contribution in [3.05, 3.63) is 76.4 Å². The molecule has 2 N–H and O–H groups in total. The van der Waals surface area contributed by atoms with Crippen molar-refractivity contribution in [3.63, 3.8) is 0 Å². The Morgan fingerprint density at radius 2 is 1.89 bits per heavy atom. The Bertz CT molecular complexity index is 1250. The molecular formula is C20H14N2O5. The number of pyridine rings is 1. The third-order valence-corrected chi connectivity index (χ3v) is 4.22. The highest BCUT2D eigenvalue weighted by Crippen LogP contribution is 2.28. The van der Waals surface area contributed by atoms with Gasteiger partial charge in [-0.25, -0.2) is 4.79 Å². The lowest BCUT2D eigenvalue weighted by molar-refractivity contribution is 0.0598. The van der Waals surface area contributed by atoms with Crippen molar-refractivity contribution in [1.29, 1.82) is 0 Å². The molecule has 0 fully saturated rings. The Balaban J connectivity index is 1.68. The van der Waals surface area contributed by atoms with Crippen LogP contribution in [0.25, 0.3) is 21.7 Å². The number of fused-ring (bicyclic) bond motifs is 3. The van der Waals surface area contributed by atoms with Gasteiger partial charge in [-0.2, -0.15) is 0 Å². The van der Waals surface area contributed by atoms with Crippen LogP contribution in [-0.2, 0) is 4.74 Å². The van der Waals surface area contributed by atoms with Crippen LogP contribution in [0.15, 0.2) is 63.9 Å². The molecular weight excluding hydrogens is 348 g/mol. The fourth-order valence-electron chi connectivity index (χ4n) is 2.91. The number of carbonyl (C=O) groups is 2. The summed E-state index contributed by atoms with van der Waals surface area (Å²) in [6.45, 7) is 0. The molecule has 0 saturated heterocycles. The maximum Gasteiger partial charge on any atom is 0.343 e. The number of rotatable bonds is 3. The van der Waals surface area contributed by atoms with Crippen LogP contribution in [0.5, 0.6) is 0 Å². The van der Waals surface area contributed by atoms with Gasteiger partial charge in [0.1, 0.15) is 11.1 Å². The number of H-pyrrole nitrogens is 1. The van der Waals surface area contributed by atoms with Gasteiger partial charge in [-0.15, -0.1) is 0 Å². The van der Waals surface area contributed by atoms with Gasteiger partial charge in [0, 0.05) is 11.6 Å². The quantitative estimate of drug-likeness (QED) is 0.545. The van der Waals surface area contributed by atoms with Crippen molar-refractivity contribution in [3.8, 4) is 0 Å². The minimum Gasteiger partial charge on any atom is -0.465 e. The molecule has 0 aliphatic carbocycles. The van der Waals surface area contributed by atoms with E-state index in [2.05, 4.69) is 15.0 Å². The summed E-state index contributed by atoms with van der Waals surface area (Å²) in [6.07, 6.45) is 1.30. The van der Waals surface area contributed by atoms with Gasteiger partial charge < -0.3 is 19.5 Å². The Labute approximate surface area is 152 Å². The highest BCUT2D eigenvalue weighted by Gasteiger charge is 2.16. The van der Waals surface area contributed by atoms with Crippen molar-refractivity contribution >= 4 is 39.3 Å². The maximum absolute atomic E-state index is 12.5. The van der Waals surface area contributed by atoms with E-state index in [0.29, 0.717) is 5.58 Å². The molecule has 134 valence electrons. The van der Waals surface area contributed by atoms with Gasteiger partial charge in [0.25, 0.3) is 11.5 Å². The fraction of sp³-hybridized carbons (Fsp3) is 0.0500. The number of furan rings is 1. The molecule has 2 heterocycles. The SMILES string of the molecule is COC(=O)c1cc(NC(=O)c2cc3c(ccc4ccccc43)o2)c[nH]c1=O. The molecule has 2 aromatic carbocycles. The molecule has 7 heteroatoms. The minimum atomic E-state index is -0.789. The number of methoxy groups -OCH3 is 1. The van der Waals surface area contributed by atoms with Gasteiger partial charge in [0.2, 0.25) is 0 Å². The number of hydrogen-bond donors (Lipinski definition) is 2. The zero-order valence-electron chi connectivity index (χ0n) is 14.2. The van der Waals surface area contributed by atoms with Gasteiger partial charge in [-0.1, -0.05) is 30.3 Å². The molecule has 0 atom stereocenters. The first-order chi connectivity index (χ1) is 13.1. The van der Waals surface area contributed by atoms with Crippen LogP contribution >= 0.6 is 0 Å². The molecule has 0 saturated carbocycles. The second kappa shape index (κ2) is 6.45. The first kappa shape index (κ1) is 16.6. The number of carbonyl (C=O) groups excluding carboxylic acids is 2. The first-order valence-electron chi connectivity index (χ1n) is 8.10. The monoisotopic (exact) mass is 362 g/mol. The van der Waals surface area contributed by atoms with Crippen LogP contribution in [0.1, 0.15) is 20.9 Å². The smallest absolute Gasteiger partial charge is 0.343 e. The largest absolute Gasteiger partial charge is 0.465 e. The summed E-state index contributed by atoms with van der Waals surface area (Å²) in [5, 5.41) is 5.46. The van der Waals surface area contributed by atoms with Crippen molar-refractivity contribution in [2.45, 2.75) is 0 Å². The highest BCUT2D eigenvalue weighted by molar-refractivity contribution is 6.11. The van der Waals surface area contributed by atoms with Crippen LogP contribution in [0.4, 0.5) is 5.69 Å². The summed E-state index contributed by atoms with van der Waals surface area (Å²) in [5.41, 5.74) is 0.0295. The summed E-state index contributed by atoms with van der Waals surface area (Å²) in [7, 11) is 1.17. The standard InChI is InChI=1S/C20H14N2O5/c1-26-20(25)15-8-12(10-21-18(15)23)22-19(24)17-9-14-13-5-3-2-4-11(13)6-7-16(14)27-17/h2-10H,1H3,(H,21,23)(H,22,24). The number of nitrogens with one attached hydrogen (secondary N) is 2. The number of aromatic nitrogens is 1. The number of esters is 1. The van der Waals surface area contributed by atoms with Crippen molar-refractivity contribution < 1.29 is 18.7 Å². The summed E-state index contributed by atoms with van der Waals surface area (Å²) in [4.78, 5) is 38.2. The van der Waals surface area contributed by atoms with E-state index < -0.39 is 17.4 Å². The maximum atomic E-state index is 12.5. The van der Waals surface area contributed by atoms with E-state index in [1.54, 1.807) is 6.07 Å². The summed E-state index contributed by atoms with van der Waals surface area (Å²) in [5.74, 6) is -1.17. The van der Waals surface area contributed by atoms with Crippen molar-refractivity contribution in [2.75, 3.05) is 12.4 Å². The lowest BCUT2D eigenvalue weighted by Gasteiger charge is -2.04. The highest BCUT2D eigenvalue weighted by atomic mass is 16.5. The normalized spacial score (nSPS) is 10.9. The van der Waals surface area contributed by atoms with E-state index in [-0.39, 0.29) is 17.0 Å². The van der Waals surface area contributed by atoms with Crippen LogP contribution in [0.3, 0.4) is 0 Å². The predicted octanol–water partition coefficient (Wildman–Crippen LogP) is 3.31. The fourth-order valence-corrected chi connectivity index (χ4v) is 2.91. The first-order valence-corrected chi connectivity index (χ1v) is 8.10. The summed E-state index contributed by atoms with van der Waals surface area (Å²) in [6, 6.07) is 14.5. The third-order valence-electron chi connectivity index (χ3n) is 4.22. The average molecular weight is 362 g/mol. The molecule has 0 bridgehead atoms. The number of aromatic amines is 1. The van der Waals surface area contributed by atoms with Crippen LogP contribution in [0, 0.1) is 0 Å². The number of amides is 1. The van der Waals surface area contributed by atoms with E-state index in [1.807, 2.05) is 36.4 Å². The Morgan fingerprint density at radius 3 is 2.70 bits per heavy atom.